The number of ether oxygens (including phenoxy) is 1. The van der Waals surface area contributed by atoms with Gasteiger partial charge in [0.15, 0.2) is 5.15 Å². The van der Waals surface area contributed by atoms with Gasteiger partial charge in [-0.3, -0.25) is 15.0 Å². The van der Waals surface area contributed by atoms with Crippen LogP contribution >= 0.6 is 11.6 Å². The first-order valence-corrected chi connectivity index (χ1v) is 6.13. The van der Waals surface area contributed by atoms with E-state index in [2.05, 4.69) is 15.2 Å². The average molecular weight is 297 g/mol. The summed E-state index contributed by atoms with van der Waals surface area (Å²) < 4.78 is 5.12. The molecule has 0 radical (unpaired) electrons. The van der Waals surface area contributed by atoms with Crippen molar-refractivity contribution in [3.8, 4) is 0 Å². The molecule has 0 spiro atoms. The summed E-state index contributed by atoms with van der Waals surface area (Å²) >= 11 is 5.91. The van der Waals surface area contributed by atoms with Gasteiger partial charge in [0.1, 0.15) is 5.69 Å². The summed E-state index contributed by atoms with van der Waals surface area (Å²) in [6.07, 6.45) is 3.48. The molecule has 20 heavy (non-hydrogen) atoms. The van der Waals surface area contributed by atoms with E-state index >= 15 is 0 Å². The van der Waals surface area contributed by atoms with Gasteiger partial charge in [0, 0.05) is 25.7 Å². The number of hydrogen-bond donors (Lipinski definition) is 2. The molecule has 0 bridgehead atoms. The molecule has 106 valence electrons. The van der Waals surface area contributed by atoms with Gasteiger partial charge >= 0.3 is 6.09 Å². The van der Waals surface area contributed by atoms with Crippen LogP contribution in [0.15, 0.2) is 30.7 Å². The fourth-order valence-electron chi connectivity index (χ4n) is 1.89. The van der Waals surface area contributed by atoms with Crippen LogP contribution in [-0.4, -0.2) is 40.1 Å². The normalized spacial score (nSPS) is 12.1. The minimum Gasteiger partial charge on any atom is -0.465 e. The standard InChI is InChI=1S/C12H13ClN4O3/c1-20-7-10(8-3-2-4-14-5-8)17(12(18)19)9-6-15-16-11(9)13/h2-6,10H,7H2,1H3,(H,15,16)(H,18,19). The SMILES string of the molecule is COCC(c1cccnc1)N(C(=O)O)c1c[nH]nc1Cl. The van der Waals surface area contributed by atoms with Gasteiger partial charge in [-0.25, -0.2) is 4.79 Å². The third-order valence-corrected chi connectivity index (χ3v) is 3.02. The second-order valence-electron chi connectivity index (χ2n) is 3.97. The number of pyridine rings is 1. The van der Waals surface area contributed by atoms with Crippen molar-refractivity contribution in [2.45, 2.75) is 6.04 Å². The summed E-state index contributed by atoms with van der Waals surface area (Å²) in [6.45, 7) is 0.166. The molecule has 0 saturated heterocycles. The Kier molecular flexibility index (Phi) is 4.54. The lowest BCUT2D eigenvalue weighted by Gasteiger charge is -2.28. The molecular formula is C12H13ClN4O3. The highest BCUT2D eigenvalue weighted by Crippen LogP contribution is 2.31. The Labute approximate surface area is 120 Å². The average Bonchev–Trinajstić information content (AvgIpc) is 2.85. The summed E-state index contributed by atoms with van der Waals surface area (Å²) in [6, 6.07) is 2.94. The summed E-state index contributed by atoms with van der Waals surface area (Å²) in [5.41, 5.74) is 0.971. The fourth-order valence-corrected chi connectivity index (χ4v) is 2.09. The lowest BCUT2D eigenvalue weighted by Crippen LogP contribution is -2.36. The number of aromatic nitrogens is 3. The van der Waals surface area contributed by atoms with Crippen LogP contribution in [0.5, 0.6) is 0 Å². The Morgan fingerprint density at radius 3 is 2.95 bits per heavy atom. The number of aromatic amines is 1. The Morgan fingerprint density at radius 2 is 2.45 bits per heavy atom. The lowest BCUT2D eigenvalue weighted by atomic mass is 10.1. The number of methoxy groups -OCH3 is 1. The number of nitrogens with zero attached hydrogens (tertiary/aromatic N) is 3. The highest BCUT2D eigenvalue weighted by molar-refractivity contribution is 6.32. The van der Waals surface area contributed by atoms with Crippen LogP contribution in [0.1, 0.15) is 11.6 Å². The van der Waals surface area contributed by atoms with E-state index in [4.69, 9.17) is 16.3 Å². The Balaban J connectivity index is 2.44. The quantitative estimate of drug-likeness (QED) is 0.883. The molecular weight excluding hydrogens is 284 g/mol. The predicted octanol–water partition coefficient (Wildman–Crippen LogP) is 2.33. The summed E-state index contributed by atoms with van der Waals surface area (Å²) in [5.74, 6) is 0. The van der Waals surface area contributed by atoms with E-state index in [0.717, 1.165) is 4.90 Å². The van der Waals surface area contributed by atoms with Crippen LogP contribution in [0.2, 0.25) is 5.15 Å². The maximum atomic E-state index is 11.6. The van der Waals surface area contributed by atoms with Crippen molar-refractivity contribution in [2.75, 3.05) is 18.6 Å². The number of nitrogens with one attached hydrogen (secondary N) is 1. The van der Waals surface area contributed by atoms with Crippen LogP contribution in [-0.2, 0) is 4.74 Å². The molecule has 1 atom stereocenters. The number of carbonyl (C=O) groups is 1. The molecule has 2 aromatic heterocycles. The molecule has 0 saturated carbocycles. The van der Waals surface area contributed by atoms with E-state index < -0.39 is 12.1 Å². The summed E-state index contributed by atoms with van der Waals surface area (Å²) in [5, 5.41) is 15.8. The van der Waals surface area contributed by atoms with E-state index in [1.54, 1.807) is 24.5 Å². The van der Waals surface area contributed by atoms with E-state index in [1.165, 1.54) is 13.3 Å². The van der Waals surface area contributed by atoms with Crippen molar-refractivity contribution < 1.29 is 14.6 Å². The van der Waals surface area contributed by atoms with Gasteiger partial charge in [-0.05, 0) is 11.6 Å². The monoisotopic (exact) mass is 296 g/mol. The third-order valence-electron chi connectivity index (χ3n) is 2.75. The molecule has 2 aromatic rings. The van der Waals surface area contributed by atoms with Crippen LogP contribution in [0.25, 0.3) is 0 Å². The third kappa shape index (κ3) is 2.89. The van der Waals surface area contributed by atoms with E-state index in [0.29, 0.717) is 5.56 Å². The summed E-state index contributed by atoms with van der Waals surface area (Å²) in [7, 11) is 1.50. The van der Waals surface area contributed by atoms with Crippen molar-refractivity contribution in [3.63, 3.8) is 0 Å². The molecule has 0 aliphatic carbocycles. The minimum absolute atomic E-state index is 0.0809. The Bertz CT molecular complexity index is 575. The lowest BCUT2D eigenvalue weighted by molar-refractivity contribution is 0.164. The first-order valence-electron chi connectivity index (χ1n) is 5.75. The van der Waals surface area contributed by atoms with Gasteiger partial charge in [0.25, 0.3) is 0 Å². The fraction of sp³-hybridized carbons (Fsp3) is 0.250. The van der Waals surface area contributed by atoms with Gasteiger partial charge < -0.3 is 9.84 Å². The second kappa shape index (κ2) is 6.36. The molecule has 0 aliphatic heterocycles. The zero-order valence-electron chi connectivity index (χ0n) is 10.7. The zero-order valence-corrected chi connectivity index (χ0v) is 11.4. The first-order chi connectivity index (χ1) is 9.65. The molecule has 2 heterocycles. The Morgan fingerprint density at radius 1 is 1.65 bits per heavy atom. The highest BCUT2D eigenvalue weighted by atomic mass is 35.5. The van der Waals surface area contributed by atoms with Gasteiger partial charge in [-0.15, -0.1) is 0 Å². The number of H-pyrrole nitrogens is 1. The van der Waals surface area contributed by atoms with E-state index in [9.17, 15) is 9.90 Å². The van der Waals surface area contributed by atoms with E-state index in [-0.39, 0.29) is 17.4 Å². The van der Waals surface area contributed by atoms with Gasteiger partial charge in [0.05, 0.1) is 12.6 Å². The van der Waals surface area contributed by atoms with Crippen molar-refractivity contribution in [1.82, 2.24) is 15.2 Å². The molecule has 0 aliphatic rings. The Hall–Kier alpha value is -2.12. The number of halogens is 1. The van der Waals surface area contributed by atoms with Crippen molar-refractivity contribution >= 4 is 23.4 Å². The smallest absolute Gasteiger partial charge is 0.412 e. The van der Waals surface area contributed by atoms with E-state index in [1.807, 2.05) is 0 Å². The molecule has 8 heteroatoms. The number of hydrogen-bond acceptors (Lipinski definition) is 4. The van der Waals surface area contributed by atoms with Crippen LogP contribution < -0.4 is 4.90 Å². The minimum atomic E-state index is -1.15. The molecule has 0 fully saturated rings. The van der Waals surface area contributed by atoms with Crippen LogP contribution in [0.3, 0.4) is 0 Å². The molecule has 7 nitrogen and oxygen atoms in total. The van der Waals surface area contributed by atoms with Gasteiger partial charge in [-0.2, -0.15) is 5.10 Å². The van der Waals surface area contributed by atoms with Gasteiger partial charge in [-0.1, -0.05) is 17.7 Å². The predicted molar refractivity (Wildman–Crippen MR) is 73.0 cm³/mol. The number of rotatable bonds is 5. The van der Waals surface area contributed by atoms with Crippen molar-refractivity contribution in [1.29, 1.82) is 0 Å². The van der Waals surface area contributed by atoms with Gasteiger partial charge in [0.2, 0.25) is 0 Å². The molecule has 2 N–H and O–H groups in total. The largest absolute Gasteiger partial charge is 0.465 e. The number of anilines is 1. The van der Waals surface area contributed by atoms with Crippen LogP contribution in [0.4, 0.5) is 10.5 Å². The van der Waals surface area contributed by atoms with Crippen LogP contribution in [0, 0.1) is 0 Å². The van der Waals surface area contributed by atoms with Crippen molar-refractivity contribution in [3.05, 3.63) is 41.4 Å². The topological polar surface area (TPSA) is 91.3 Å². The molecule has 1 unspecified atom stereocenters. The zero-order chi connectivity index (χ0) is 14.5. The summed E-state index contributed by atoms with van der Waals surface area (Å²) in [4.78, 5) is 16.7. The number of amides is 1. The molecule has 0 aromatic carbocycles. The molecule has 1 amide bonds. The maximum absolute atomic E-state index is 11.6. The molecule has 2 rings (SSSR count). The highest BCUT2D eigenvalue weighted by Gasteiger charge is 2.29. The van der Waals surface area contributed by atoms with Crippen molar-refractivity contribution in [2.24, 2.45) is 0 Å². The maximum Gasteiger partial charge on any atom is 0.412 e. The first kappa shape index (κ1) is 14.3. The second-order valence-corrected chi connectivity index (χ2v) is 4.33. The number of carboxylic acid groups (broad SMARTS) is 1.